The largest absolute Gasteiger partial charge is 0.377 e. The number of hydrogen-bond donors (Lipinski definition) is 0. The summed E-state index contributed by atoms with van der Waals surface area (Å²) in [5.74, 6) is -1.21. The molecule has 1 aromatic carbocycles. The molecule has 0 saturated heterocycles. The van der Waals surface area contributed by atoms with Crippen LogP contribution in [0.2, 0.25) is 5.15 Å². The molecule has 0 amide bonds. The van der Waals surface area contributed by atoms with Crippen molar-refractivity contribution in [3.63, 3.8) is 0 Å². The molecular weight excluding hydrogens is 341 g/mol. The van der Waals surface area contributed by atoms with Gasteiger partial charge in [0.2, 0.25) is 0 Å². The standard InChI is InChI=1S/C12H8BrClF2N2O/c1-19-5-10-17-8(4-9(14)18-10)11-7(15)3-2-6(13)12(11)16/h2-4H,5H2,1H3. The third-order valence-electron chi connectivity index (χ3n) is 2.31. The molecule has 0 saturated carbocycles. The van der Waals surface area contributed by atoms with Crippen LogP contribution in [0.1, 0.15) is 5.82 Å². The molecule has 0 spiro atoms. The van der Waals surface area contributed by atoms with Crippen molar-refractivity contribution in [1.29, 1.82) is 0 Å². The Morgan fingerprint density at radius 2 is 2.05 bits per heavy atom. The SMILES string of the molecule is COCc1nc(Cl)cc(-c2c(F)ccc(Br)c2F)n1. The molecule has 2 aromatic rings. The summed E-state index contributed by atoms with van der Waals surface area (Å²) in [5.41, 5.74) is -0.181. The summed E-state index contributed by atoms with van der Waals surface area (Å²) in [4.78, 5) is 7.94. The molecule has 100 valence electrons. The van der Waals surface area contributed by atoms with E-state index in [4.69, 9.17) is 16.3 Å². The van der Waals surface area contributed by atoms with Crippen LogP contribution in [0, 0.1) is 11.6 Å². The zero-order valence-electron chi connectivity index (χ0n) is 9.75. The van der Waals surface area contributed by atoms with E-state index >= 15 is 0 Å². The van der Waals surface area contributed by atoms with Gasteiger partial charge in [-0.05, 0) is 28.1 Å². The summed E-state index contributed by atoms with van der Waals surface area (Å²) < 4.78 is 32.8. The van der Waals surface area contributed by atoms with Crippen molar-refractivity contribution in [2.45, 2.75) is 6.61 Å². The van der Waals surface area contributed by atoms with Gasteiger partial charge in [0.15, 0.2) is 5.82 Å². The number of aromatic nitrogens is 2. The van der Waals surface area contributed by atoms with E-state index in [2.05, 4.69) is 25.9 Å². The van der Waals surface area contributed by atoms with Gasteiger partial charge in [0.1, 0.15) is 23.4 Å². The smallest absolute Gasteiger partial charge is 0.156 e. The highest BCUT2D eigenvalue weighted by molar-refractivity contribution is 9.10. The summed E-state index contributed by atoms with van der Waals surface area (Å²) in [7, 11) is 1.46. The molecule has 0 bridgehead atoms. The van der Waals surface area contributed by atoms with Crippen molar-refractivity contribution in [1.82, 2.24) is 9.97 Å². The Bertz CT molecular complexity index is 625. The minimum atomic E-state index is -0.738. The maximum atomic E-state index is 14.0. The second kappa shape index (κ2) is 5.90. The second-order valence-electron chi connectivity index (χ2n) is 3.64. The van der Waals surface area contributed by atoms with Crippen molar-refractivity contribution in [2.24, 2.45) is 0 Å². The van der Waals surface area contributed by atoms with Crippen LogP contribution < -0.4 is 0 Å². The van der Waals surface area contributed by atoms with Crippen molar-refractivity contribution in [3.8, 4) is 11.3 Å². The molecule has 0 aliphatic carbocycles. The molecule has 0 N–H and O–H groups in total. The van der Waals surface area contributed by atoms with E-state index in [1.807, 2.05) is 0 Å². The van der Waals surface area contributed by atoms with Gasteiger partial charge in [-0.1, -0.05) is 11.6 Å². The van der Waals surface area contributed by atoms with Crippen molar-refractivity contribution >= 4 is 27.5 Å². The van der Waals surface area contributed by atoms with Gasteiger partial charge >= 0.3 is 0 Å². The number of rotatable bonds is 3. The molecule has 2 rings (SSSR count). The van der Waals surface area contributed by atoms with Crippen molar-refractivity contribution in [2.75, 3.05) is 7.11 Å². The van der Waals surface area contributed by atoms with Gasteiger partial charge in [0, 0.05) is 13.2 Å². The van der Waals surface area contributed by atoms with E-state index < -0.39 is 11.6 Å². The minimum Gasteiger partial charge on any atom is -0.377 e. The number of benzene rings is 1. The summed E-state index contributed by atoms with van der Waals surface area (Å²) in [6, 6.07) is 3.73. The summed E-state index contributed by atoms with van der Waals surface area (Å²) in [6.07, 6.45) is 0. The third kappa shape index (κ3) is 3.08. The molecule has 1 aromatic heterocycles. The Morgan fingerprint density at radius 3 is 2.74 bits per heavy atom. The summed E-state index contributed by atoms with van der Waals surface area (Å²) in [6.45, 7) is 0.102. The van der Waals surface area contributed by atoms with Gasteiger partial charge in [0.05, 0.1) is 15.7 Å². The maximum Gasteiger partial charge on any atom is 0.156 e. The first-order valence-electron chi connectivity index (χ1n) is 5.19. The van der Waals surface area contributed by atoms with Gasteiger partial charge in [0.25, 0.3) is 0 Å². The monoisotopic (exact) mass is 348 g/mol. The Hall–Kier alpha value is -1.11. The zero-order chi connectivity index (χ0) is 14.0. The fraction of sp³-hybridized carbons (Fsp3) is 0.167. The summed E-state index contributed by atoms with van der Waals surface area (Å²) >= 11 is 8.82. The van der Waals surface area contributed by atoms with Crippen LogP contribution >= 0.6 is 27.5 Å². The lowest BCUT2D eigenvalue weighted by molar-refractivity contribution is 0.178. The number of halogens is 4. The predicted octanol–water partition coefficient (Wildman–Crippen LogP) is 3.98. The van der Waals surface area contributed by atoms with Gasteiger partial charge in [-0.25, -0.2) is 18.7 Å². The third-order valence-corrected chi connectivity index (χ3v) is 3.12. The van der Waals surface area contributed by atoms with E-state index in [0.717, 1.165) is 6.07 Å². The molecule has 0 aliphatic heterocycles. The topological polar surface area (TPSA) is 35.0 Å². The Morgan fingerprint density at radius 1 is 1.32 bits per heavy atom. The molecule has 0 atom stereocenters. The fourth-order valence-electron chi connectivity index (χ4n) is 1.55. The molecule has 1 heterocycles. The van der Waals surface area contributed by atoms with Gasteiger partial charge in [-0.2, -0.15) is 0 Å². The van der Waals surface area contributed by atoms with Crippen LogP contribution in [-0.4, -0.2) is 17.1 Å². The first-order valence-corrected chi connectivity index (χ1v) is 6.36. The van der Waals surface area contributed by atoms with Gasteiger partial charge < -0.3 is 4.74 Å². The average Bonchev–Trinajstić information content (AvgIpc) is 2.34. The Kier molecular flexibility index (Phi) is 4.44. The van der Waals surface area contributed by atoms with Crippen LogP contribution in [0.25, 0.3) is 11.3 Å². The highest BCUT2D eigenvalue weighted by atomic mass is 79.9. The first-order chi connectivity index (χ1) is 9.02. The van der Waals surface area contributed by atoms with Crippen LogP contribution in [0.3, 0.4) is 0 Å². The highest BCUT2D eigenvalue weighted by Crippen LogP contribution is 2.30. The quantitative estimate of drug-likeness (QED) is 0.621. The molecule has 0 fully saturated rings. The molecule has 7 heteroatoms. The Balaban J connectivity index is 2.62. The maximum absolute atomic E-state index is 14.0. The van der Waals surface area contributed by atoms with E-state index in [-0.39, 0.29) is 33.3 Å². The number of nitrogens with zero attached hydrogens (tertiary/aromatic N) is 2. The van der Waals surface area contributed by atoms with Gasteiger partial charge in [-0.3, -0.25) is 0 Å². The second-order valence-corrected chi connectivity index (χ2v) is 4.88. The van der Waals surface area contributed by atoms with Crippen LogP contribution in [-0.2, 0) is 11.3 Å². The van der Waals surface area contributed by atoms with Crippen LogP contribution in [0.15, 0.2) is 22.7 Å². The van der Waals surface area contributed by atoms with Gasteiger partial charge in [-0.15, -0.1) is 0 Å². The van der Waals surface area contributed by atoms with E-state index in [9.17, 15) is 8.78 Å². The van der Waals surface area contributed by atoms with E-state index in [1.54, 1.807) is 0 Å². The number of methoxy groups -OCH3 is 1. The molecule has 0 unspecified atom stereocenters. The lowest BCUT2D eigenvalue weighted by Crippen LogP contribution is -2.01. The molecule has 19 heavy (non-hydrogen) atoms. The Labute approximate surface area is 121 Å². The molecule has 0 radical (unpaired) electrons. The number of hydrogen-bond acceptors (Lipinski definition) is 3. The lowest BCUT2D eigenvalue weighted by atomic mass is 10.1. The number of ether oxygens (including phenoxy) is 1. The lowest BCUT2D eigenvalue weighted by Gasteiger charge is -2.08. The summed E-state index contributed by atoms with van der Waals surface area (Å²) in [5, 5.41) is 0.0934. The fourth-order valence-corrected chi connectivity index (χ4v) is 2.08. The average molecular weight is 350 g/mol. The predicted molar refractivity (Wildman–Crippen MR) is 70.8 cm³/mol. The normalized spacial score (nSPS) is 10.8. The molecule has 3 nitrogen and oxygen atoms in total. The molecule has 0 aliphatic rings. The zero-order valence-corrected chi connectivity index (χ0v) is 12.1. The van der Waals surface area contributed by atoms with E-state index in [0.29, 0.717) is 0 Å². The van der Waals surface area contributed by atoms with Crippen molar-refractivity contribution in [3.05, 3.63) is 45.3 Å². The minimum absolute atomic E-state index is 0.0725. The van der Waals surface area contributed by atoms with Crippen molar-refractivity contribution < 1.29 is 13.5 Å². The highest BCUT2D eigenvalue weighted by Gasteiger charge is 2.17. The first kappa shape index (κ1) is 14.3. The van der Waals surface area contributed by atoms with Crippen LogP contribution in [0.5, 0.6) is 0 Å². The van der Waals surface area contributed by atoms with Crippen LogP contribution in [0.4, 0.5) is 8.78 Å². The molecular formula is C12H8BrClF2N2O. The van der Waals surface area contributed by atoms with E-state index in [1.165, 1.54) is 19.2 Å².